The summed E-state index contributed by atoms with van der Waals surface area (Å²) >= 11 is 1.81. The van der Waals surface area contributed by atoms with Gasteiger partial charge in [0.1, 0.15) is 24.9 Å². The van der Waals surface area contributed by atoms with Gasteiger partial charge in [0.25, 0.3) is 0 Å². The Kier molecular flexibility index (Phi) is 9.01. The molecule has 0 unspecified atom stereocenters. The van der Waals surface area contributed by atoms with Crippen LogP contribution in [0.4, 0.5) is 0 Å². The van der Waals surface area contributed by atoms with Crippen molar-refractivity contribution in [3.05, 3.63) is 53.1 Å². The van der Waals surface area contributed by atoms with E-state index in [2.05, 4.69) is 51.1 Å². The molecule has 3 atom stereocenters. The highest BCUT2D eigenvalue weighted by molar-refractivity contribution is 8.05. The summed E-state index contributed by atoms with van der Waals surface area (Å²) in [5.74, 6) is -0.329. The second kappa shape index (κ2) is 11.0. The quantitative estimate of drug-likeness (QED) is 0.265. The number of thioether (sulfide) groups is 1. The normalized spacial score (nSPS) is 22.9. The van der Waals surface area contributed by atoms with Gasteiger partial charge in [-0.3, -0.25) is 4.79 Å². The molecule has 0 radical (unpaired) electrons. The maximum Gasteiger partial charge on any atom is 0.302 e. The number of hydrogen-bond donors (Lipinski definition) is 1. The van der Waals surface area contributed by atoms with Crippen molar-refractivity contribution in [1.29, 1.82) is 0 Å². The summed E-state index contributed by atoms with van der Waals surface area (Å²) in [5.41, 5.74) is 0. The molecule has 0 aromatic heterocycles. The fraction of sp³-hybridized carbons (Fsp3) is 0.500. The highest BCUT2D eigenvalue weighted by Crippen LogP contribution is 2.40. The topological polar surface area (TPSA) is 55.8 Å². The van der Waals surface area contributed by atoms with Gasteiger partial charge >= 0.3 is 5.97 Å². The van der Waals surface area contributed by atoms with Gasteiger partial charge in [-0.1, -0.05) is 81.0 Å². The molecule has 1 N–H and O–H groups in total. The standard InChI is InChI=1S/C22H32O4SSi/c1-5-28(6-2,7-3)22(27-19-11-9-8-10-12-19)15-21-20(24)14-13-18(26-21)16-25-17(4)23/h8-15,18,20-21,24H,5-7,16H2,1-4H3/b22-15+/t18-,20+,21+/m0/s1. The van der Waals surface area contributed by atoms with Crippen molar-refractivity contribution >= 4 is 25.8 Å². The molecular weight excluding hydrogens is 388 g/mol. The monoisotopic (exact) mass is 420 g/mol. The van der Waals surface area contributed by atoms with Gasteiger partial charge in [-0.25, -0.2) is 0 Å². The number of benzene rings is 1. The summed E-state index contributed by atoms with van der Waals surface area (Å²) in [5, 5.41) is 10.5. The second-order valence-corrected chi connectivity index (χ2v) is 13.8. The number of aliphatic hydroxyl groups is 1. The van der Waals surface area contributed by atoms with Crippen LogP contribution in [-0.4, -0.2) is 44.1 Å². The number of rotatable bonds is 9. The third kappa shape index (κ3) is 6.08. The van der Waals surface area contributed by atoms with E-state index in [9.17, 15) is 9.90 Å². The van der Waals surface area contributed by atoms with E-state index in [1.165, 1.54) is 16.3 Å². The predicted molar refractivity (Wildman–Crippen MR) is 118 cm³/mol. The number of carbonyl (C=O) groups is 1. The molecular formula is C22H32O4SSi. The van der Waals surface area contributed by atoms with Crippen LogP contribution < -0.4 is 0 Å². The van der Waals surface area contributed by atoms with Gasteiger partial charge < -0.3 is 14.6 Å². The summed E-state index contributed by atoms with van der Waals surface area (Å²) in [7, 11) is -1.68. The van der Waals surface area contributed by atoms with E-state index in [4.69, 9.17) is 9.47 Å². The van der Waals surface area contributed by atoms with E-state index >= 15 is 0 Å². The van der Waals surface area contributed by atoms with Gasteiger partial charge in [-0.15, -0.1) is 0 Å². The first-order valence-corrected chi connectivity index (χ1v) is 13.5. The smallest absolute Gasteiger partial charge is 0.302 e. The zero-order chi connectivity index (χ0) is 20.6. The van der Waals surface area contributed by atoms with Crippen molar-refractivity contribution in [2.45, 2.75) is 69.0 Å². The molecule has 0 fully saturated rings. The van der Waals surface area contributed by atoms with Gasteiger partial charge in [0.05, 0.1) is 8.07 Å². The largest absolute Gasteiger partial charge is 0.463 e. The van der Waals surface area contributed by atoms with Crippen molar-refractivity contribution in [3.8, 4) is 0 Å². The van der Waals surface area contributed by atoms with Crippen molar-refractivity contribution in [2.24, 2.45) is 0 Å². The van der Waals surface area contributed by atoms with Gasteiger partial charge in [0, 0.05) is 11.8 Å². The van der Waals surface area contributed by atoms with Crippen LogP contribution in [0.1, 0.15) is 27.7 Å². The molecule has 0 saturated carbocycles. The Morgan fingerprint density at radius 2 is 1.82 bits per heavy atom. The average Bonchev–Trinajstić information content (AvgIpc) is 2.71. The Morgan fingerprint density at radius 3 is 2.39 bits per heavy atom. The first-order chi connectivity index (χ1) is 13.4. The van der Waals surface area contributed by atoms with Crippen LogP contribution in [0, 0.1) is 0 Å². The van der Waals surface area contributed by atoms with E-state index in [0.29, 0.717) is 0 Å². The zero-order valence-electron chi connectivity index (χ0n) is 17.3. The SMILES string of the molecule is CC[Si](CC)(CC)/C(=C/[C@H]1O[C@H](COC(C)=O)C=C[C@H]1O)Sc1ccccc1. The molecule has 1 aromatic rings. The summed E-state index contributed by atoms with van der Waals surface area (Å²) in [6.07, 6.45) is 4.18. The molecule has 0 saturated heterocycles. The molecule has 1 aliphatic rings. The van der Waals surface area contributed by atoms with Crippen molar-refractivity contribution in [3.63, 3.8) is 0 Å². The molecule has 4 nitrogen and oxygen atoms in total. The highest BCUT2D eigenvalue weighted by Gasteiger charge is 2.34. The minimum absolute atomic E-state index is 0.169. The van der Waals surface area contributed by atoms with E-state index in [1.807, 2.05) is 6.07 Å². The second-order valence-electron chi connectivity index (χ2n) is 7.10. The molecule has 1 aliphatic heterocycles. The molecule has 0 bridgehead atoms. The lowest BCUT2D eigenvalue weighted by Crippen LogP contribution is -2.39. The first-order valence-electron chi connectivity index (χ1n) is 10.0. The minimum atomic E-state index is -1.68. The number of carbonyl (C=O) groups excluding carboxylic acids is 1. The third-order valence-electron chi connectivity index (χ3n) is 5.48. The molecule has 0 amide bonds. The molecule has 154 valence electrons. The van der Waals surface area contributed by atoms with Crippen LogP contribution in [-0.2, 0) is 14.3 Å². The van der Waals surface area contributed by atoms with Crippen LogP contribution in [0.5, 0.6) is 0 Å². The van der Waals surface area contributed by atoms with E-state index in [0.717, 1.165) is 18.1 Å². The highest BCUT2D eigenvalue weighted by atomic mass is 32.2. The molecule has 6 heteroatoms. The average molecular weight is 421 g/mol. The maximum atomic E-state index is 11.1. The molecule has 28 heavy (non-hydrogen) atoms. The van der Waals surface area contributed by atoms with Crippen molar-refractivity contribution in [1.82, 2.24) is 0 Å². The Morgan fingerprint density at radius 1 is 1.18 bits per heavy atom. The van der Waals surface area contributed by atoms with Gasteiger partial charge in [0.2, 0.25) is 0 Å². The molecule has 0 spiro atoms. The fourth-order valence-corrected chi connectivity index (χ4v) is 9.79. The predicted octanol–water partition coefficient (Wildman–Crippen LogP) is 4.96. The van der Waals surface area contributed by atoms with Crippen LogP contribution >= 0.6 is 11.8 Å². The number of hydrogen-bond acceptors (Lipinski definition) is 5. The summed E-state index contributed by atoms with van der Waals surface area (Å²) in [6, 6.07) is 13.8. The van der Waals surface area contributed by atoms with Crippen molar-refractivity contribution in [2.75, 3.05) is 6.61 Å². The van der Waals surface area contributed by atoms with Crippen LogP contribution in [0.25, 0.3) is 0 Å². The van der Waals surface area contributed by atoms with Gasteiger partial charge in [-0.2, -0.15) is 0 Å². The number of ether oxygens (including phenoxy) is 2. The number of aliphatic hydroxyl groups excluding tert-OH is 1. The lowest BCUT2D eigenvalue weighted by Gasteiger charge is -2.34. The van der Waals surface area contributed by atoms with E-state index < -0.39 is 20.3 Å². The lowest BCUT2D eigenvalue weighted by atomic mass is 10.1. The lowest BCUT2D eigenvalue weighted by molar-refractivity contribution is -0.146. The number of esters is 1. The third-order valence-corrected chi connectivity index (χ3v) is 13.2. The maximum absolute atomic E-state index is 11.1. The molecule has 0 aliphatic carbocycles. The first kappa shape index (κ1) is 22.9. The summed E-state index contributed by atoms with van der Waals surface area (Å²) in [6.45, 7) is 8.39. The Labute approximate surface area is 174 Å². The Hall–Kier alpha value is -1.34. The fourth-order valence-electron chi connectivity index (χ4n) is 3.46. The summed E-state index contributed by atoms with van der Waals surface area (Å²) < 4.78 is 12.5. The van der Waals surface area contributed by atoms with Crippen LogP contribution in [0.15, 0.2) is 58.0 Å². The zero-order valence-corrected chi connectivity index (χ0v) is 19.1. The van der Waals surface area contributed by atoms with Crippen molar-refractivity contribution < 1.29 is 19.4 Å². The Bertz CT molecular complexity index is 677. The van der Waals surface area contributed by atoms with Gasteiger partial charge in [-0.05, 0) is 22.7 Å². The van der Waals surface area contributed by atoms with E-state index in [1.54, 1.807) is 23.9 Å². The van der Waals surface area contributed by atoms with Crippen LogP contribution in [0.3, 0.4) is 0 Å². The molecule has 2 rings (SSSR count). The van der Waals surface area contributed by atoms with Crippen LogP contribution in [0.2, 0.25) is 18.1 Å². The Balaban J connectivity index is 2.31. The summed E-state index contributed by atoms with van der Waals surface area (Å²) in [4.78, 5) is 12.3. The molecule has 1 aromatic carbocycles. The van der Waals surface area contributed by atoms with E-state index in [-0.39, 0.29) is 18.7 Å². The van der Waals surface area contributed by atoms with Gasteiger partial charge in [0.15, 0.2) is 0 Å². The molecule has 1 heterocycles. The minimum Gasteiger partial charge on any atom is -0.463 e.